The molecule has 0 amide bonds. The zero-order valence-corrected chi connectivity index (χ0v) is 8.16. The molecule has 1 heterocycles. The van der Waals surface area contributed by atoms with E-state index in [2.05, 4.69) is 18.9 Å². The molecule has 0 aromatic heterocycles. The summed E-state index contributed by atoms with van der Waals surface area (Å²) in [5, 5.41) is 9.35. The fourth-order valence-corrected chi connectivity index (χ4v) is 1.71. The minimum Gasteiger partial charge on any atom is -0.368 e. The Morgan fingerprint density at radius 2 is 2.17 bits per heavy atom. The van der Waals surface area contributed by atoms with Crippen LogP contribution in [0.4, 0.5) is 0 Å². The summed E-state index contributed by atoms with van der Waals surface area (Å²) in [6.07, 6.45) is 1.40. The van der Waals surface area contributed by atoms with Crippen LogP contribution in [0, 0.1) is 0 Å². The maximum absolute atomic E-state index is 9.35. The highest BCUT2D eigenvalue weighted by molar-refractivity contribution is 4.76. The monoisotopic (exact) mass is 173 g/mol. The Hall–Kier alpha value is -0.120. The molecule has 0 spiro atoms. The molecule has 12 heavy (non-hydrogen) atoms. The maximum Gasteiger partial charge on any atom is 0.156 e. The number of aliphatic hydroxyl groups is 1. The van der Waals surface area contributed by atoms with Crippen molar-refractivity contribution in [1.82, 2.24) is 4.90 Å². The second kappa shape index (κ2) is 4.21. The van der Waals surface area contributed by atoms with Crippen LogP contribution >= 0.6 is 0 Å². The molecule has 0 saturated carbocycles. The number of aliphatic hydroxyl groups excluding tert-OH is 1. The third kappa shape index (κ3) is 2.44. The standard InChI is InChI=1S/C9H19NO2/c1-4-10(3)8-5-7(2)12-9(11)6-8/h7-9,11H,4-6H2,1-3H3. The van der Waals surface area contributed by atoms with Crippen molar-refractivity contribution in [1.29, 1.82) is 0 Å². The number of hydrogen-bond acceptors (Lipinski definition) is 3. The van der Waals surface area contributed by atoms with Gasteiger partial charge in [0.15, 0.2) is 6.29 Å². The summed E-state index contributed by atoms with van der Waals surface area (Å²) in [6, 6.07) is 0.480. The predicted octanol–water partition coefficient (Wildman–Crippen LogP) is 0.824. The predicted molar refractivity (Wildman–Crippen MR) is 47.9 cm³/mol. The molecule has 72 valence electrons. The van der Waals surface area contributed by atoms with Gasteiger partial charge in [0.05, 0.1) is 6.10 Å². The molecule has 1 aliphatic rings. The van der Waals surface area contributed by atoms with Crippen molar-refractivity contribution in [3.8, 4) is 0 Å². The van der Waals surface area contributed by atoms with Crippen molar-refractivity contribution in [2.75, 3.05) is 13.6 Å². The maximum atomic E-state index is 9.35. The Labute approximate surface area is 74.3 Å². The molecule has 0 aromatic carbocycles. The van der Waals surface area contributed by atoms with E-state index in [9.17, 15) is 5.11 Å². The Bertz CT molecular complexity index is 130. The van der Waals surface area contributed by atoms with Gasteiger partial charge in [0.2, 0.25) is 0 Å². The molecule has 3 unspecified atom stereocenters. The van der Waals surface area contributed by atoms with Crippen molar-refractivity contribution in [2.45, 2.75) is 45.1 Å². The van der Waals surface area contributed by atoms with E-state index in [4.69, 9.17) is 4.74 Å². The molecule has 3 nitrogen and oxygen atoms in total. The molecule has 0 aliphatic carbocycles. The Morgan fingerprint density at radius 3 is 2.67 bits per heavy atom. The minimum absolute atomic E-state index is 0.188. The van der Waals surface area contributed by atoms with E-state index >= 15 is 0 Å². The lowest BCUT2D eigenvalue weighted by molar-refractivity contribution is -0.173. The van der Waals surface area contributed by atoms with Gasteiger partial charge in [0, 0.05) is 12.5 Å². The lowest BCUT2D eigenvalue weighted by Gasteiger charge is -2.36. The van der Waals surface area contributed by atoms with Gasteiger partial charge in [-0.2, -0.15) is 0 Å². The van der Waals surface area contributed by atoms with Crippen LogP contribution in [0.25, 0.3) is 0 Å². The SMILES string of the molecule is CCN(C)C1CC(C)OC(O)C1. The number of nitrogens with zero attached hydrogens (tertiary/aromatic N) is 1. The zero-order valence-electron chi connectivity index (χ0n) is 8.16. The van der Waals surface area contributed by atoms with Crippen molar-refractivity contribution in [3.05, 3.63) is 0 Å². The average molecular weight is 173 g/mol. The van der Waals surface area contributed by atoms with Crippen LogP contribution in [0.2, 0.25) is 0 Å². The highest BCUT2D eigenvalue weighted by Gasteiger charge is 2.27. The van der Waals surface area contributed by atoms with E-state index in [0.717, 1.165) is 19.4 Å². The molecule has 1 saturated heterocycles. The molecule has 1 aliphatic heterocycles. The van der Waals surface area contributed by atoms with Gasteiger partial charge < -0.3 is 14.7 Å². The largest absolute Gasteiger partial charge is 0.368 e. The van der Waals surface area contributed by atoms with Crippen molar-refractivity contribution in [3.63, 3.8) is 0 Å². The highest BCUT2D eigenvalue weighted by atomic mass is 16.6. The third-order valence-corrected chi connectivity index (χ3v) is 2.59. The van der Waals surface area contributed by atoms with Crippen LogP contribution < -0.4 is 0 Å². The lowest BCUT2D eigenvalue weighted by atomic mass is 10.0. The van der Waals surface area contributed by atoms with Gasteiger partial charge in [-0.25, -0.2) is 0 Å². The summed E-state index contributed by atoms with van der Waals surface area (Å²) >= 11 is 0. The van der Waals surface area contributed by atoms with Gasteiger partial charge in [-0.1, -0.05) is 6.92 Å². The van der Waals surface area contributed by atoms with Gasteiger partial charge in [-0.05, 0) is 26.9 Å². The summed E-state index contributed by atoms with van der Waals surface area (Å²) in [6.45, 7) is 5.18. The summed E-state index contributed by atoms with van der Waals surface area (Å²) in [5.41, 5.74) is 0. The molecular formula is C9H19NO2. The van der Waals surface area contributed by atoms with Gasteiger partial charge in [0.1, 0.15) is 0 Å². The van der Waals surface area contributed by atoms with Crippen LogP contribution in [0.1, 0.15) is 26.7 Å². The van der Waals surface area contributed by atoms with Gasteiger partial charge >= 0.3 is 0 Å². The average Bonchev–Trinajstić information content (AvgIpc) is 2.01. The van der Waals surface area contributed by atoms with E-state index in [0.29, 0.717) is 6.04 Å². The first-order chi connectivity index (χ1) is 5.63. The van der Waals surface area contributed by atoms with Gasteiger partial charge in [-0.3, -0.25) is 0 Å². The van der Waals surface area contributed by atoms with Crippen LogP contribution in [-0.2, 0) is 4.74 Å². The quantitative estimate of drug-likeness (QED) is 0.671. The second-order valence-corrected chi connectivity index (χ2v) is 3.60. The first-order valence-corrected chi connectivity index (χ1v) is 4.67. The first kappa shape index (κ1) is 9.96. The van der Waals surface area contributed by atoms with Gasteiger partial charge in [-0.15, -0.1) is 0 Å². The Balaban J connectivity index is 2.43. The van der Waals surface area contributed by atoms with E-state index in [1.54, 1.807) is 0 Å². The van der Waals surface area contributed by atoms with E-state index < -0.39 is 6.29 Å². The third-order valence-electron chi connectivity index (χ3n) is 2.59. The number of rotatable bonds is 2. The van der Waals surface area contributed by atoms with Crippen molar-refractivity contribution in [2.24, 2.45) is 0 Å². The minimum atomic E-state index is -0.562. The molecule has 3 heteroatoms. The van der Waals surface area contributed by atoms with E-state index in [1.807, 2.05) is 6.92 Å². The fraction of sp³-hybridized carbons (Fsp3) is 1.00. The normalized spacial score (nSPS) is 37.2. The van der Waals surface area contributed by atoms with Crippen LogP contribution in [0.5, 0.6) is 0 Å². The van der Waals surface area contributed by atoms with Crippen molar-refractivity contribution >= 4 is 0 Å². The molecule has 1 rings (SSSR count). The first-order valence-electron chi connectivity index (χ1n) is 4.67. The highest BCUT2D eigenvalue weighted by Crippen LogP contribution is 2.21. The lowest BCUT2D eigenvalue weighted by Crippen LogP contribution is -2.43. The molecule has 3 atom stereocenters. The molecule has 0 aromatic rings. The molecule has 0 bridgehead atoms. The Morgan fingerprint density at radius 1 is 1.50 bits per heavy atom. The number of hydrogen-bond donors (Lipinski definition) is 1. The van der Waals surface area contributed by atoms with Crippen LogP contribution in [0.3, 0.4) is 0 Å². The molecular weight excluding hydrogens is 154 g/mol. The summed E-state index contributed by atoms with van der Waals surface area (Å²) in [7, 11) is 2.09. The van der Waals surface area contributed by atoms with E-state index in [1.165, 1.54) is 0 Å². The smallest absolute Gasteiger partial charge is 0.156 e. The topological polar surface area (TPSA) is 32.7 Å². The molecule has 1 fully saturated rings. The van der Waals surface area contributed by atoms with E-state index in [-0.39, 0.29) is 6.10 Å². The molecule has 0 radical (unpaired) electrons. The summed E-state index contributed by atoms with van der Waals surface area (Å²) < 4.78 is 5.24. The summed E-state index contributed by atoms with van der Waals surface area (Å²) in [5.74, 6) is 0. The second-order valence-electron chi connectivity index (χ2n) is 3.60. The van der Waals surface area contributed by atoms with Crippen LogP contribution in [0.15, 0.2) is 0 Å². The zero-order chi connectivity index (χ0) is 9.14. The summed E-state index contributed by atoms with van der Waals surface area (Å²) in [4.78, 5) is 2.27. The molecule has 1 N–H and O–H groups in total. The number of ether oxygens (including phenoxy) is 1. The van der Waals surface area contributed by atoms with Crippen molar-refractivity contribution < 1.29 is 9.84 Å². The van der Waals surface area contributed by atoms with Gasteiger partial charge in [0.25, 0.3) is 0 Å². The fourth-order valence-electron chi connectivity index (χ4n) is 1.71. The van der Waals surface area contributed by atoms with Crippen LogP contribution in [-0.4, -0.2) is 42.0 Å². The Kier molecular flexibility index (Phi) is 3.50.